The summed E-state index contributed by atoms with van der Waals surface area (Å²) in [5.41, 5.74) is 6.73. The predicted octanol–water partition coefficient (Wildman–Crippen LogP) is 0.902. The molecular weight excluding hydrogens is 408 g/mol. The first-order chi connectivity index (χ1) is 14.1. The summed E-state index contributed by atoms with van der Waals surface area (Å²) < 4.78 is 27.9. The van der Waals surface area contributed by atoms with Crippen molar-refractivity contribution in [3.05, 3.63) is 54.1 Å². The van der Waals surface area contributed by atoms with Crippen molar-refractivity contribution in [2.75, 3.05) is 25.1 Å². The molecule has 9 nitrogen and oxygen atoms in total. The predicted molar refractivity (Wildman–Crippen MR) is 113 cm³/mol. The van der Waals surface area contributed by atoms with Crippen molar-refractivity contribution in [1.29, 1.82) is 0 Å². The van der Waals surface area contributed by atoms with E-state index in [9.17, 15) is 18.0 Å². The number of primary amides is 1. The van der Waals surface area contributed by atoms with Gasteiger partial charge in [0.05, 0.1) is 24.6 Å². The molecule has 10 heteroatoms. The van der Waals surface area contributed by atoms with Crippen LogP contribution in [0.15, 0.2) is 53.4 Å². The molecule has 2 aromatic rings. The van der Waals surface area contributed by atoms with Crippen LogP contribution in [0.1, 0.15) is 24.9 Å². The molecule has 30 heavy (non-hydrogen) atoms. The minimum Gasteiger partial charge on any atom is -0.497 e. The normalized spacial score (nSPS) is 12.1. The average Bonchev–Trinajstić information content (AvgIpc) is 2.70. The quantitative estimate of drug-likeness (QED) is 0.507. The molecule has 0 saturated heterocycles. The molecule has 2 rings (SSSR count). The van der Waals surface area contributed by atoms with Crippen LogP contribution >= 0.6 is 0 Å². The van der Waals surface area contributed by atoms with Crippen molar-refractivity contribution in [2.24, 2.45) is 10.9 Å². The van der Waals surface area contributed by atoms with Crippen molar-refractivity contribution < 1.29 is 22.7 Å². The van der Waals surface area contributed by atoms with E-state index < -0.39 is 15.9 Å². The largest absolute Gasteiger partial charge is 0.497 e. The fourth-order valence-corrected chi connectivity index (χ4v) is 3.34. The summed E-state index contributed by atoms with van der Waals surface area (Å²) >= 11 is 0. The lowest BCUT2D eigenvalue weighted by atomic mass is 10.1. The van der Waals surface area contributed by atoms with E-state index in [1.807, 2.05) is 0 Å². The molecule has 1 unspecified atom stereocenters. The number of carbonyl (C=O) groups is 2. The molecule has 0 heterocycles. The Balaban J connectivity index is 2.07. The highest BCUT2D eigenvalue weighted by atomic mass is 32.2. The number of nitrogens with zero attached hydrogens (tertiary/aromatic N) is 1. The second-order valence-electron chi connectivity index (χ2n) is 6.74. The lowest BCUT2D eigenvalue weighted by molar-refractivity contribution is -0.121. The molecule has 0 bridgehead atoms. The maximum absolute atomic E-state index is 12.6. The Bertz CT molecular complexity index is 975. The third kappa shape index (κ3) is 6.75. The van der Waals surface area contributed by atoms with Crippen LogP contribution in [0.4, 0.5) is 5.69 Å². The van der Waals surface area contributed by atoms with Crippen molar-refractivity contribution in [3.8, 4) is 5.75 Å². The molecule has 0 spiro atoms. The SMILES string of the molecule is COc1ccc(N(CCC(N)=O)CC(=O)NC(C)c2ccc(S(N)(=O)=O)cc2)cc1. The summed E-state index contributed by atoms with van der Waals surface area (Å²) in [5, 5.41) is 7.96. The highest BCUT2D eigenvalue weighted by Gasteiger charge is 2.16. The van der Waals surface area contributed by atoms with Crippen LogP contribution in [-0.2, 0) is 19.6 Å². The number of benzene rings is 2. The number of ether oxygens (including phenoxy) is 1. The molecule has 0 radical (unpaired) electrons. The Hall–Kier alpha value is -3.11. The van der Waals surface area contributed by atoms with Gasteiger partial charge in [0.1, 0.15) is 5.75 Å². The Morgan fingerprint density at radius 3 is 2.20 bits per heavy atom. The second-order valence-corrected chi connectivity index (χ2v) is 8.30. The van der Waals surface area contributed by atoms with Gasteiger partial charge in [-0.3, -0.25) is 9.59 Å². The summed E-state index contributed by atoms with van der Waals surface area (Å²) in [5.74, 6) is -0.0508. The number of methoxy groups -OCH3 is 1. The maximum Gasteiger partial charge on any atom is 0.239 e. The van der Waals surface area contributed by atoms with Crippen molar-refractivity contribution >= 4 is 27.5 Å². The van der Waals surface area contributed by atoms with Crippen molar-refractivity contribution in [1.82, 2.24) is 5.32 Å². The molecule has 0 aliphatic rings. The van der Waals surface area contributed by atoms with Crippen molar-refractivity contribution in [2.45, 2.75) is 24.3 Å². The molecule has 162 valence electrons. The first-order valence-corrected chi connectivity index (χ1v) is 10.7. The third-order valence-electron chi connectivity index (χ3n) is 4.49. The van der Waals surface area contributed by atoms with Crippen LogP contribution in [0.2, 0.25) is 0 Å². The van der Waals surface area contributed by atoms with E-state index in [1.165, 1.54) is 12.1 Å². The Morgan fingerprint density at radius 2 is 1.70 bits per heavy atom. The van der Waals surface area contributed by atoms with E-state index in [0.29, 0.717) is 5.75 Å². The van der Waals surface area contributed by atoms with Gasteiger partial charge in [-0.15, -0.1) is 0 Å². The summed E-state index contributed by atoms with van der Waals surface area (Å²) in [4.78, 5) is 25.5. The van der Waals surface area contributed by atoms with E-state index in [1.54, 1.807) is 55.3 Å². The number of anilines is 1. The van der Waals surface area contributed by atoms with Gasteiger partial charge in [-0.2, -0.15) is 0 Å². The van der Waals surface area contributed by atoms with E-state index >= 15 is 0 Å². The molecule has 2 amide bonds. The van der Waals surface area contributed by atoms with Crippen LogP contribution < -0.4 is 25.8 Å². The molecular formula is C20H26N4O5S. The number of hydrogen-bond acceptors (Lipinski definition) is 6. The first-order valence-electron chi connectivity index (χ1n) is 9.19. The number of amides is 2. The highest BCUT2D eigenvalue weighted by Crippen LogP contribution is 2.20. The summed E-state index contributed by atoms with van der Waals surface area (Å²) in [6.07, 6.45) is 0.101. The maximum atomic E-state index is 12.6. The van der Waals surface area contributed by atoms with Crippen LogP contribution in [0, 0.1) is 0 Å². The molecule has 2 aromatic carbocycles. The van der Waals surface area contributed by atoms with Gasteiger partial charge in [0.25, 0.3) is 0 Å². The Kier molecular flexibility index (Phi) is 7.79. The summed E-state index contributed by atoms with van der Waals surface area (Å²) in [7, 11) is -2.21. The van der Waals surface area contributed by atoms with Gasteiger partial charge in [-0.05, 0) is 48.9 Å². The Morgan fingerprint density at radius 1 is 1.10 bits per heavy atom. The smallest absolute Gasteiger partial charge is 0.239 e. The minimum atomic E-state index is -3.77. The van der Waals surface area contributed by atoms with Crippen LogP contribution in [-0.4, -0.2) is 40.4 Å². The van der Waals surface area contributed by atoms with E-state index in [2.05, 4.69) is 5.32 Å². The summed E-state index contributed by atoms with van der Waals surface area (Å²) in [6.45, 7) is 2.08. The lowest BCUT2D eigenvalue weighted by Gasteiger charge is -2.25. The average molecular weight is 435 g/mol. The van der Waals surface area contributed by atoms with Crippen LogP contribution in [0.5, 0.6) is 5.75 Å². The molecule has 0 aromatic heterocycles. The lowest BCUT2D eigenvalue weighted by Crippen LogP contribution is -2.39. The number of carbonyl (C=O) groups excluding carboxylic acids is 2. The summed E-state index contributed by atoms with van der Waals surface area (Å²) in [6, 6.07) is 12.7. The highest BCUT2D eigenvalue weighted by molar-refractivity contribution is 7.89. The molecule has 5 N–H and O–H groups in total. The number of nitrogens with one attached hydrogen (secondary N) is 1. The topological polar surface area (TPSA) is 145 Å². The fraction of sp³-hybridized carbons (Fsp3) is 0.300. The second kappa shape index (κ2) is 10.1. The van der Waals surface area contributed by atoms with Gasteiger partial charge >= 0.3 is 0 Å². The van der Waals surface area contributed by atoms with Gasteiger partial charge in [0.15, 0.2) is 0 Å². The zero-order valence-corrected chi connectivity index (χ0v) is 17.7. The number of primary sulfonamides is 1. The van der Waals surface area contributed by atoms with Gasteiger partial charge in [-0.25, -0.2) is 13.6 Å². The van der Waals surface area contributed by atoms with E-state index in [0.717, 1.165) is 11.3 Å². The number of nitrogens with two attached hydrogens (primary N) is 2. The van der Waals surface area contributed by atoms with E-state index in [-0.39, 0.29) is 36.4 Å². The minimum absolute atomic E-state index is 0.00177. The first kappa shape index (κ1) is 23.2. The molecule has 0 saturated carbocycles. The number of sulfonamides is 1. The van der Waals surface area contributed by atoms with Crippen molar-refractivity contribution in [3.63, 3.8) is 0 Å². The zero-order chi connectivity index (χ0) is 22.3. The zero-order valence-electron chi connectivity index (χ0n) is 16.9. The van der Waals surface area contributed by atoms with Gasteiger partial charge in [-0.1, -0.05) is 12.1 Å². The van der Waals surface area contributed by atoms with Crippen LogP contribution in [0.25, 0.3) is 0 Å². The fourth-order valence-electron chi connectivity index (χ4n) is 2.83. The Labute approximate surface area is 176 Å². The molecule has 1 atom stereocenters. The standard InChI is InChI=1S/C20H26N4O5S/c1-14(15-3-9-18(10-4-15)30(22,27)28)23-20(26)13-24(12-11-19(21)25)16-5-7-17(29-2)8-6-16/h3-10,14H,11-13H2,1-2H3,(H2,21,25)(H,23,26)(H2,22,27,28). The number of rotatable bonds is 10. The molecule has 0 fully saturated rings. The third-order valence-corrected chi connectivity index (χ3v) is 5.42. The molecule has 0 aliphatic heterocycles. The van der Waals surface area contributed by atoms with Gasteiger partial charge in [0.2, 0.25) is 21.8 Å². The number of hydrogen-bond donors (Lipinski definition) is 3. The van der Waals surface area contributed by atoms with Gasteiger partial charge in [0, 0.05) is 18.7 Å². The van der Waals surface area contributed by atoms with Gasteiger partial charge < -0.3 is 20.7 Å². The van der Waals surface area contributed by atoms with E-state index in [4.69, 9.17) is 15.6 Å². The monoisotopic (exact) mass is 434 g/mol. The van der Waals surface area contributed by atoms with Crippen LogP contribution in [0.3, 0.4) is 0 Å². The molecule has 0 aliphatic carbocycles.